The molecule has 0 amide bonds. The molecule has 6 heteroatoms. The van der Waals surface area contributed by atoms with Crippen molar-refractivity contribution in [2.24, 2.45) is 0 Å². The molecule has 0 unspecified atom stereocenters. The predicted octanol–water partition coefficient (Wildman–Crippen LogP) is 3.97. The van der Waals surface area contributed by atoms with E-state index in [4.69, 9.17) is 11.6 Å². The van der Waals surface area contributed by atoms with Gasteiger partial charge in [0.05, 0.1) is 5.03 Å². The van der Waals surface area contributed by atoms with Gasteiger partial charge in [-0.25, -0.2) is 0 Å². The largest absolute Gasteiger partial charge is 0.350 e. The van der Waals surface area contributed by atoms with Gasteiger partial charge in [-0.15, -0.1) is 16.9 Å². The van der Waals surface area contributed by atoms with E-state index in [1.807, 2.05) is 12.1 Å². The van der Waals surface area contributed by atoms with Crippen LogP contribution in [0.25, 0.3) is 10.9 Å². The number of halogens is 1. The Hall–Kier alpha value is -1.04. The van der Waals surface area contributed by atoms with Gasteiger partial charge in [-0.05, 0) is 12.1 Å². The summed E-state index contributed by atoms with van der Waals surface area (Å²) in [5, 5.41) is 6.33. The third kappa shape index (κ3) is 2.31. The number of rotatable bonds is 3. The molecule has 2 aromatic heterocycles. The molecule has 2 heterocycles. The molecule has 0 atom stereocenters. The van der Waals surface area contributed by atoms with Crippen LogP contribution in [-0.2, 0) is 5.75 Å². The van der Waals surface area contributed by atoms with E-state index in [0.29, 0.717) is 4.34 Å². The average molecular weight is 282 g/mol. The lowest BCUT2D eigenvalue weighted by molar-refractivity contribution is 1.07. The fourth-order valence-electron chi connectivity index (χ4n) is 1.55. The van der Waals surface area contributed by atoms with E-state index in [0.717, 1.165) is 22.0 Å². The summed E-state index contributed by atoms with van der Waals surface area (Å²) in [6.07, 6.45) is 0. The minimum absolute atomic E-state index is 0.675. The maximum absolute atomic E-state index is 5.95. The third-order valence-electron chi connectivity index (χ3n) is 2.38. The molecule has 0 spiro atoms. The first-order valence-electron chi connectivity index (χ1n) is 5.00. The predicted molar refractivity (Wildman–Crippen MR) is 72.8 cm³/mol. The van der Waals surface area contributed by atoms with Gasteiger partial charge in [-0.2, -0.15) is 0 Å². The highest BCUT2D eigenvalue weighted by atomic mass is 35.5. The first kappa shape index (κ1) is 11.1. The topological polar surface area (TPSA) is 41.6 Å². The number of benzene rings is 1. The molecule has 86 valence electrons. The first-order chi connectivity index (χ1) is 8.33. The van der Waals surface area contributed by atoms with Crippen LogP contribution >= 0.6 is 34.9 Å². The van der Waals surface area contributed by atoms with Gasteiger partial charge < -0.3 is 4.98 Å². The van der Waals surface area contributed by atoms with Gasteiger partial charge in [0.2, 0.25) is 0 Å². The number of fused-ring (bicyclic) bond motifs is 1. The van der Waals surface area contributed by atoms with Crippen LogP contribution in [0.4, 0.5) is 0 Å². The second-order valence-corrected chi connectivity index (χ2v) is 5.88. The number of hydrogen-bond acceptors (Lipinski definition) is 4. The smallest absolute Gasteiger partial charge is 0.138 e. The van der Waals surface area contributed by atoms with Gasteiger partial charge in [0.25, 0.3) is 0 Å². The normalized spacial score (nSPS) is 11.1. The van der Waals surface area contributed by atoms with E-state index < -0.39 is 0 Å². The van der Waals surface area contributed by atoms with Gasteiger partial charge in [0.15, 0.2) is 0 Å². The molecule has 3 aromatic rings. The zero-order valence-corrected chi connectivity index (χ0v) is 11.1. The molecule has 3 rings (SSSR count). The number of hydrogen-bond donors (Lipinski definition) is 1. The van der Waals surface area contributed by atoms with Crippen molar-refractivity contribution < 1.29 is 0 Å². The highest BCUT2D eigenvalue weighted by molar-refractivity contribution is 7.98. The van der Waals surface area contributed by atoms with Crippen molar-refractivity contribution in [3.63, 3.8) is 0 Å². The van der Waals surface area contributed by atoms with Crippen LogP contribution in [0.15, 0.2) is 35.4 Å². The molecule has 1 N–H and O–H groups in total. The maximum Gasteiger partial charge on any atom is 0.138 e. The second kappa shape index (κ2) is 4.68. The van der Waals surface area contributed by atoms with E-state index in [1.165, 1.54) is 16.9 Å². The summed E-state index contributed by atoms with van der Waals surface area (Å²) < 4.78 is 4.49. The average Bonchev–Trinajstić information content (AvgIpc) is 2.92. The number of aromatic amines is 1. The Bertz CT molecular complexity index is 614. The molecule has 0 saturated carbocycles. The molecular formula is C11H8ClN3S2. The summed E-state index contributed by atoms with van der Waals surface area (Å²) in [5.41, 5.74) is 2.00. The Labute approximate surface area is 111 Å². The van der Waals surface area contributed by atoms with E-state index in [-0.39, 0.29) is 0 Å². The van der Waals surface area contributed by atoms with Crippen LogP contribution in [0.1, 0.15) is 5.69 Å². The summed E-state index contributed by atoms with van der Waals surface area (Å²) in [4.78, 5) is 3.35. The van der Waals surface area contributed by atoms with Crippen molar-refractivity contribution in [3.05, 3.63) is 40.4 Å². The van der Waals surface area contributed by atoms with Crippen LogP contribution in [0.2, 0.25) is 4.34 Å². The highest BCUT2D eigenvalue weighted by Gasteiger charge is 2.07. The molecular weight excluding hydrogens is 274 g/mol. The molecule has 1 aromatic carbocycles. The van der Waals surface area contributed by atoms with Gasteiger partial charge in [0, 0.05) is 28.2 Å². The Balaban J connectivity index is 1.79. The monoisotopic (exact) mass is 281 g/mol. The van der Waals surface area contributed by atoms with Crippen molar-refractivity contribution in [1.29, 1.82) is 0 Å². The number of para-hydroxylation sites is 1. The standard InChI is InChI=1S/C11H8ClN3S2/c12-11-9(14-15-17-11)6-16-10-5-7-3-1-2-4-8(7)13-10/h1-5,13H,6H2. The Morgan fingerprint density at radius 1 is 1.35 bits per heavy atom. The molecule has 17 heavy (non-hydrogen) atoms. The van der Waals surface area contributed by atoms with Crippen LogP contribution < -0.4 is 0 Å². The molecule has 0 aliphatic rings. The van der Waals surface area contributed by atoms with E-state index in [2.05, 4.69) is 32.8 Å². The van der Waals surface area contributed by atoms with Crippen molar-refractivity contribution in [2.45, 2.75) is 10.8 Å². The quantitative estimate of drug-likeness (QED) is 0.739. The molecule has 0 radical (unpaired) electrons. The summed E-state index contributed by atoms with van der Waals surface area (Å²) in [5.74, 6) is 0.738. The van der Waals surface area contributed by atoms with Crippen molar-refractivity contribution in [2.75, 3.05) is 0 Å². The lowest BCUT2D eigenvalue weighted by Gasteiger charge is -1.94. The lowest BCUT2D eigenvalue weighted by Crippen LogP contribution is -1.81. The molecule has 0 bridgehead atoms. The Kier molecular flexibility index (Phi) is 3.05. The number of thioether (sulfide) groups is 1. The van der Waals surface area contributed by atoms with Crippen molar-refractivity contribution in [1.82, 2.24) is 14.6 Å². The van der Waals surface area contributed by atoms with Gasteiger partial charge >= 0.3 is 0 Å². The lowest BCUT2D eigenvalue weighted by atomic mass is 10.3. The Morgan fingerprint density at radius 2 is 2.24 bits per heavy atom. The summed E-state index contributed by atoms with van der Waals surface area (Å²) in [7, 11) is 0. The number of H-pyrrole nitrogens is 1. The van der Waals surface area contributed by atoms with Gasteiger partial charge in [-0.3, -0.25) is 0 Å². The number of nitrogens with zero attached hydrogens (tertiary/aromatic N) is 2. The van der Waals surface area contributed by atoms with Crippen LogP contribution in [0.3, 0.4) is 0 Å². The van der Waals surface area contributed by atoms with Crippen molar-refractivity contribution >= 4 is 45.8 Å². The van der Waals surface area contributed by atoms with Crippen molar-refractivity contribution in [3.8, 4) is 0 Å². The van der Waals surface area contributed by atoms with Crippen LogP contribution in [-0.4, -0.2) is 14.6 Å². The zero-order valence-electron chi connectivity index (χ0n) is 8.68. The number of nitrogens with one attached hydrogen (secondary N) is 1. The third-order valence-corrected chi connectivity index (χ3v) is 4.31. The van der Waals surface area contributed by atoms with Gasteiger partial charge in [-0.1, -0.05) is 34.3 Å². The molecule has 0 aliphatic heterocycles. The van der Waals surface area contributed by atoms with E-state index in [9.17, 15) is 0 Å². The summed E-state index contributed by atoms with van der Waals surface area (Å²) in [6.45, 7) is 0. The second-order valence-electron chi connectivity index (χ2n) is 3.50. The highest BCUT2D eigenvalue weighted by Crippen LogP contribution is 2.28. The van der Waals surface area contributed by atoms with Crippen LogP contribution in [0, 0.1) is 0 Å². The minimum Gasteiger partial charge on any atom is -0.350 e. The van der Waals surface area contributed by atoms with E-state index in [1.54, 1.807) is 11.8 Å². The zero-order chi connectivity index (χ0) is 11.7. The SMILES string of the molecule is Clc1snnc1CSc1cc2ccccc2[nH]1. The van der Waals surface area contributed by atoms with Gasteiger partial charge in [0.1, 0.15) is 10.0 Å². The van der Waals surface area contributed by atoms with Crippen LogP contribution in [0.5, 0.6) is 0 Å². The number of aromatic nitrogens is 3. The molecule has 3 nitrogen and oxygen atoms in total. The Morgan fingerprint density at radius 3 is 3.00 bits per heavy atom. The summed E-state index contributed by atoms with van der Waals surface area (Å²) >= 11 is 8.86. The molecule has 0 aliphatic carbocycles. The minimum atomic E-state index is 0.675. The fourth-order valence-corrected chi connectivity index (χ4v) is 3.24. The van der Waals surface area contributed by atoms with E-state index >= 15 is 0 Å². The fraction of sp³-hybridized carbons (Fsp3) is 0.0909. The summed E-state index contributed by atoms with van der Waals surface area (Å²) in [6, 6.07) is 10.3. The maximum atomic E-state index is 5.95. The molecule has 0 saturated heterocycles. The molecule has 0 fully saturated rings. The first-order valence-corrected chi connectivity index (χ1v) is 7.14.